The third kappa shape index (κ3) is 2.74. The summed E-state index contributed by atoms with van der Waals surface area (Å²) in [5.41, 5.74) is 0.873. The average molecular weight is 293 g/mol. The van der Waals surface area contributed by atoms with Crippen LogP contribution in [0.3, 0.4) is 0 Å². The van der Waals surface area contributed by atoms with Gasteiger partial charge >= 0.3 is 0 Å². The minimum Gasteiger partial charge on any atom is -0.344 e. The van der Waals surface area contributed by atoms with Crippen LogP contribution in [0.5, 0.6) is 0 Å². The van der Waals surface area contributed by atoms with E-state index in [0.29, 0.717) is 0 Å². The van der Waals surface area contributed by atoms with Crippen LogP contribution in [0.15, 0.2) is 5.38 Å². The van der Waals surface area contributed by atoms with Gasteiger partial charge in [0.1, 0.15) is 5.01 Å². The molecule has 0 bridgehead atoms. The third-order valence-electron chi connectivity index (χ3n) is 4.52. The highest BCUT2D eigenvalue weighted by Gasteiger charge is 2.40. The summed E-state index contributed by atoms with van der Waals surface area (Å²) in [6.45, 7) is 3.88. The van der Waals surface area contributed by atoms with E-state index in [-0.39, 0.29) is 17.4 Å². The fourth-order valence-corrected chi connectivity index (χ4v) is 4.37. The molecule has 110 valence electrons. The minimum absolute atomic E-state index is 0.127. The molecule has 0 aromatic carbocycles. The Bertz CT molecular complexity index is 473. The van der Waals surface area contributed by atoms with Gasteiger partial charge in [0, 0.05) is 17.6 Å². The molecule has 1 amide bonds. The van der Waals surface area contributed by atoms with Gasteiger partial charge in [-0.25, -0.2) is 4.98 Å². The first-order chi connectivity index (χ1) is 9.70. The van der Waals surface area contributed by atoms with Crippen LogP contribution in [0, 0.1) is 12.8 Å². The molecule has 4 nitrogen and oxygen atoms in total. The molecule has 20 heavy (non-hydrogen) atoms. The van der Waals surface area contributed by atoms with Gasteiger partial charge in [0.2, 0.25) is 5.91 Å². The third-order valence-corrected chi connectivity index (χ3v) is 5.68. The molecule has 2 N–H and O–H groups in total. The largest absolute Gasteiger partial charge is 0.344 e. The maximum atomic E-state index is 12.6. The molecule has 5 heteroatoms. The van der Waals surface area contributed by atoms with Gasteiger partial charge in [0.15, 0.2) is 0 Å². The first-order valence-corrected chi connectivity index (χ1v) is 8.53. The number of hydrogen-bond donors (Lipinski definition) is 2. The fourth-order valence-electron chi connectivity index (χ4n) is 3.36. The lowest BCUT2D eigenvalue weighted by atomic mass is 9.94. The van der Waals surface area contributed by atoms with Crippen molar-refractivity contribution in [1.82, 2.24) is 15.6 Å². The second-order valence-electron chi connectivity index (χ2n) is 6.12. The Morgan fingerprint density at radius 3 is 2.85 bits per heavy atom. The zero-order valence-electron chi connectivity index (χ0n) is 12.1. The number of carbonyl (C=O) groups is 1. The van der Waals surface area contributed by atoms with Gasteiger partial charge in [-0.05, 0) is 39.2 Å². The summed E-state index contributed by atoms with van der Waals surface area (Å²) in [6.07, 6.45) is 6.54. The molecular weight excluding hydrogens is 270 g/mol. The SMILES string of the molecule is Cc1csc(C2(NC(=O)C3CCCNC3)CCCC2)n1. The van der Waals surface area contributed by atoms with Gasteiger partial charge in [0.05, 0.1) is 11.5 Å². The number of hydrogen-bond acceptors (Lipinski definition) is 4. The monoisotopic (exact) mass is 293 g/mol. The first kappa shape index (κ1) is 14.0. The summed E-state index contributed by atoms with van der Waals surface area (Å²) in [4.78, 5) is 17.2. The highest BCUT2D eigenvalue weighted by Crippen LogP contribution is 2.40. The molecule has 2 aliphatic rings. The van der Waals surface area contributed by atoms with E-state index in [0.717, 1.165) is 49.5 Å². The lowest BCUT2D eigenvalue weighted by Crippen LogP contribution is -2.49. The summed E-state index contributed by atoms with van der Waals surface area (Å²) in [5.74, 6) is 0.342. The Morgan fingerprint density at radius 2 is 2.25 bits per heavy atom. The smallest absolute Gasteiger partial charge is 0.225 e. The summed E-state index contributed by atoms with van der Waals surface area (Å²) in [5, 5.41) is 9.87. The summed E-state index contributed by atoms with van der Waals surface area (Å²) in [7, 11) is 0. The molecule has 0 spiro atoms. The Labute approximate surface area is 124 Å². The number of nitrogens with zero attached hydrogens (tertiary/aromatic N) is 1. The molecule has 2 heterocycles. The van der Waals surface area contributed by atoms with Gasteiger partial charge < -0.3 is 10.6 Å². The average Bonchev–Trinajstić information content (AvgIpc) is 3.10. The Balaban J connectivity index is 1.75. The number of amides is 1. The second-order valence-corrected chi connectivity index (χ2v) is 6.97. The molecule has 1 aromatic heterocycles. The van der Waals surface area contributed by atoms with Gasteiger partial charge in [-0.1, -0.05) is 12.8 Å². The van der Waals surface area contributed by atoms with E-state index in [9.17, 15) is 4.79 Å². The van der Waals surface area contributed by atoms with Gasteiger partial charge in [0.25, 0.3) is 0 Å². The maximum Gasteiger partial charge on any atom is 0.225 e. The van der Waals surface area contributed by atoms with E-state index in [1.165, 1.54) is 12.8 Å². The molecule has 1 aromatic rings. The van der Waals surface area contributed by atoms with E-state index < -0.39 is 0 Å². The van der Waals surface area contributed by atoms with E-state index in [1.807, 2.05) is 6.92 Å². The van der Waals surface area contributed by atoms with Crippen LogP contribution in [0.25, 0.3) is 0 Å². The predicted molar refractivity (Wildman–Crippen MR) is 80.7 cm³/mol. The molecule has 1 atom stereocenters. The summed E-state index contributed by atoms with van der Waals surface area (Å²) >= 11 is 1.69. The predicted octanol–water partition coefficient (Wildman–Crippen LogP) is 2.34. The Morgan fingerprint density at radius 1 is 1.45 bits per heavy atom. The zero-order valence-corrected chi connectivity index (χ0v) is 12.9. The number of carbonyl (C=O) groups excluding carboxylic acids is 1. The van der Waals surface area contributed by atoms with Crippen molar-refractivity contribution in [2.45, 2.75) is 51.0 Å². The van der Waals surface area contributed by atoms with Crippen molar-refractivity contribution in [3.63, 3.8) is 0 Å². The highest BCUT2D eigenvalue weighted by molar-refractivity contribution is 7.09. The molecule has 2 fully saturated rings. The summed E-state index contributed by atoms with van der Waals surface area (Å²) < 4.78 is 0. The molecule has 1 aliphatic heterocycles. The van der Waals surface area contributed by atoms with Crippen LogP contribution >= 0.6 is 11.3 Å². The zero-order chi connectivity index (χ0) is 14.0. The van der Waals surface area contributed by atoms with Crippen molar-refractivity contribution in [3.8, 4) is 0 Å². The van der Waals surface area contributed by atoms with Crippen LogP contribution in [0.1, 0.15) is 49.2 Å². The van der Waals surface area contributed by atoms with Crippen molar-refractivity contribution in [2.24, 2.45) is 5.92 Å². The number of nitrogens with one attached hydrogen (secondary N) is 2. The maximum absolute atomic E-state index is 12.6. The van der Waals surface area contributed by atoms with E-state index >= 15 is 0 Å². The van der Waals surface area contributed by atoms with Crippen LogP contribution < -0.4 is 10.6 Å². The molecule has 1 unspecified atom stereocenters. The number of aryl methyl sites for hydroxylation is 1. The first-order valence-electron chi connectivity index (χ1n) is 7.65. The van der Waals surface area contributed by atoms with Crippen molar-refractivity contribution in [2.75, 3.05) is 13.1 Å². The van der Waals surface area contributed by atoms with E-state index in [2.05, 4.69) is 21.0 Å². The van der Waals surface area contributed by atoms with Crippen LogP contribution in [0.2, 0.25) is 0 Å². The number of piperidine rings is 1. The topological polar surface area (TPSA) is 54.0 Å². The molecule has 1 saturated heterocycles. The second kappa shape index (κ2) is 5.82. The van der Waals surface area contributed by atoms with Gasteiger partial charge in [-0.3, -0.25) is 4.79 Å². The van der Waals surface area contributed by atoms with Crippen molar-refractivity contribution in [3.05, 3.63) is 16.1 Å². The van der Waals surface area contributed by atoms with Gasteiger partial charge in [-0.2, -0.15) is 0 Å². The normalized spacial score (nSPS) is 25.6. The fraction of sp³-hybridized carbons (Fsp3) is 0.733. The molecule has 1 saturated carbocycles. The van der Waals surface area contributed by atoms with Crippen molar-refractivity contribution >= 4 is 17.2 Å². The number of thiazole rings is 1. The van der Waals surface area contributed by atoms with E-state index in [4.69, 9.17) is 0 Å². The minimum atomic E-state index is -0.187. The Hall–Kier alpha value is -0.940. The lowest BCUT2D eigenvalue weighted by Gasteiger charge is -2.31. The van der Waals surface area contributed by atoms with Crippen molar-refractivity contribution in [1.29, 1.82) is 0 Å². The molecule has 1 aliphatic carbocycles. The van der Waals surface area contributed by atoms with E-state index in [1.54, 1.807) is 11.3 Å². The quantitative estimate of drug-likeness (QED) is 0.899. The highest BCUT2D eigenvalue weighted by atomic mass is 32.1. The van der Waals surface area contributed by atoms with Crippen LogP contribution in [0.4, 0.5) is 0 Å². The van der Waals surface area contributed by atoms with Crippen LogP contribution in [-0.2, 0) is 10.3 Å². The number of rotatable bonds is 3. The van der Waals surface area contributed by atoms with Crippen LogP contribution in [-0.4, -0.2) is 24.0 Å². The molecule has 3 rings (SSSR count). The molecular formula is C15H23N3OS. The van der Waals surface area contributed by atoms with Crippen molar-refractivity contribution < 1.29 is 4.79 Å². The lowest BCUT2D eigenvalue weighted by molar-refractivity contribution is -0.127. The Kier molecular flexibility index (Phi) is 4.08. The standard InChI is InChI=1S/C15H23N3OS/c1-11-10-20-14(17-11)15(6-2-3-7-15)18-13(19)12-5-4-8-16-9-12/h10,12,16H,2-9H2,1H3,(H,18,19). The molecule has 0 radical (unpaired) electrons. The van der Waals surface area contributed by atoms with Gasteiger partial charge in [-0.15, -0.1) is 11.3 Å². The number of aromatic nitrogens is 1. The summed E-state index contributed by atoms with van der Waals surface area (Å²) in [6, 6.07) is 0.